The second-order valence-electron chi connectivity index (χ2n) is 12.6. The van der Waals surface area contributed by atoms with Crippen LogP contribution >= 0.6 is 0 Å². The molecule has 6 nitrogen and oxygen atoms in total. The molecule has 0 amide bonds. The Morgan fingerprint density at radius 1 is 0.538 bits per heavy atom. The highest BCUT2D eigenvalue weighted by Crippen LogP contribution is 2.45. The molecule has 262 valence electrons. The molecular formula is C46H42O6. The van der Waals surface area contributed by atoms with Gasteiger partial charge in [0, 0.05) is 24.1 Å². The second-order valence-corrected chi connectivity index (χ2v) is 12.6. The van der Waals surface area contributed by atoms with Crippen molar-refractivity contribution in [3.05, 3.63) is 198 Å². The van der Waals surface area contributed by atoms with E-state index in [1.54, 1.807) is 6.08 Å². The second kappa shape index (κ2) is 17.3. The van der Waals surface area contributed by atoms with Crippen molar-refractivity contribution in [2.45, 2.75) is 45.1 Å². The van der Waals surface area contributed by atoms with Crippen LogP contribution in [0.4, 0.5) is 0 Å². The predicted octanol–water partition coefficient (Wildman–Crippen LogP) is 10.2. The number of benzene rings is 6. The minimum absolute atomic E-state index is 0.335. The number of hydrogen-bond acceptors (Lipinski definition) is 6. The molecule has 2 atom stereocenters. The monoisotopic (exact) mass is 690 g/mol. The Balaban J connectivity index is 1.21. The Bertz CT molecular complexity index is 2020. The first-order chi connectivity index (χ1) is 25.7. The quantitative estimate of drug-likeness (QED) is 0.0943. The Kier molecular flexibility index (Phi) is 11.5. The molecule has 0 saturated carbocycles. The zero-order valence-corrected chi connectivity index (χ0v) is 29.1. The summed E-state index contributed by atoms with van der Waals surface area (Å²) in [5, 5.41) is 0. The van der Waals surface area contributed by atoms with Crippen LogP contribution in [0.15, 0.2) is 164 Å². The van der Waals surface area contributed by atoms with Crippen molar-refractivity contribution in [2.24, 2.45) is 0 Å². The zero-order valence-electron chi connectivity index (χ0n) is 29.1. The van der Waals surface area contributed by atoms with Gasteiger partial charge in [0.25, 0.3) is 0 Å². The standard InChI is InChI=1S/C46H42O6/c1-2-25-47-45-29-40-42(50-32-36-19-11-5-12-20-36)27-39(48-30-34-15-7-3-8-16-34)28-43(40)52-46(45)38-23-24-41(49-31-35-17-9-4-10-18-35)44(26-38)51-33-37-21-13-6-14-22-37/h2-24,26-28,45-46H,1,25,29-33H2. The fourth-order valence-electron chi connectivity index (χ4n) is 6.14. The van der Waals surface area contributed by atoms with Crippen molar-refractivity contribution in [3.8, 4) is 28.7 Å². The van der Waals surface area contributed by atoms with Crippen molar-refractivity contribution in [1.29, 1.82) is 0 Å². The van der Waals surface area contributed by atoms with Crippen LogP contribution in [0.25, 0.3) is 0 Å². The molecule has 1 aliphatic heterocycles. The molecule has 1 heterocycles. The van der Waals surface area contributed by atoms with Crippen molar-refractivity contribution in [2.75, 3.05) is 6.61 Å². The molecule has 7 rings (SSSR count). The molecule has 6 aromatic carbocycles. The molecule has 0 N–H and O–H groups in total. The fourth-order valence-corrected chi connectivity index (χ4v) is 6.14. The number of rotatable bonds is 16. The van der Waals surface area contributed by atoms with Crippen molar-refractivity contribution in [3.63, 3.8) is 0 Å². The van der Waals surface area contributed by atoms with Gasteiger partial charge in [-0.2, -0.15) is 0 Å². The molecule has 0 aliphatic carbocycles. The van der Waals surface area contributed by atoms with Crippen molar-refractivity contribution < 1.29 is 28.4 Å². The van der Waals surface area contributed by atoms with Crippen LogP contribution in [0.2, 0.25) is 0 Å². The first kappa shape index (κ1) is 34.5. The summed E-state index contributed by atoms with van der Waals surface area (Å²) in [6.45, 7) is 5.90. The maximum absolute atomic E-state index is 6.88. The van der Waals surface area contributed by atoms with E-state index < -0.39 is 6.10 Å². The van der Waals surface area contributed by atoms with E-state index >= 15 is 0 Å². The molecule has 0 bridgehead atoms. The maximum atomic E-state index is 6.88. The summed E-state index contributed by atoms with van der Waals surface area (Å²) in [4.78, 5) is 0. The maximum Gasteiger partial charge on any atom is 0.162 e. The Morgan fingerprint density at radius 2 is 1.04 bits per heavy atom. The number of ether oxygens (including phenoxy) is 6. The lowest BCUT2D eigenvalue weighted by Gasteiger charge is -2.35. The highest BCUT2D eigenvalue weighted by atomic mass is 16.5. The summed E-state index contributed by atoms with van der Waals surface area (Å²) < 4.78 is 38.8. The summed E-state index contributed by atoms with van der Waals surface area (Å²) in [7, 11) is 0. The third-order valence-corrected chi connectivity index (χ3v) is 8.82. The van der Waals surface area contributed by atoms with E-state index in [2.05, 4.69) is 18.7 Å². The van der Waals surface area contributed by atoms with Crippen LogP contribution in [-0.2, 0) is 37.6 Å². The van der Waals surface area contributed by atoms with Crippen molar-refractivity contribution in [1.82, 2.24) is 0 Å². The summed E-state index contributed by atoms with van der Waals surface area (Å²) in [6.07, 6.45) is 1.53. The molecule has 0 saturated heterocycles. The number of hydrogen-bond donors (Lipinski definition) is 0. The van der Waals surface area contributed by atoms with Crippen LogP contribution in [0.1, 0.15) is 39.5 Å². The van der Waals surface area contributed by atoms with E-state index in [9.17, 15) is 0 Å². The molecule has 0 radical (unpaired) electrons. The molecule has 1 aliphatic rings. The van der Waals surface area contributed by atoms with Crippen LogP contribution in [0.5, 0.6) is 28.7 Å². The van der Waals surface area contributed by atoms with Gasteiger partial charge in [-0.25, -0.2) is 0 Å². The fraction of sp³-hybridized carbons (Fsp3) is 0.174. The summed E-state index contributed by atoms with van der Waals surface area (Å²) >= 11 is 0. The van der Waals surface area contributed by atoms with Gasteiger partial charge in [-0.1, -0.05) is 133 Å². The summed E-state index contributed by atoms with van der Waals surface area (Å²) in [6, 6.07) is 50.3. The van der Waals surface area contributed by atoms with Crippen molar-refractivity contribution >= 4 is 0 Å². The predicted molar refractivity (Wildman–Crippen MR) is 203 cm³/mol. The van der Waals surface area contributed by atoms with Gasteiger partial charge in [0.05, 0.1) is 6.61 Å². The van der Waals surface area contributed by atoms with Crippen LogP contribution < -0.4 is 23.7 Å². The van der Waals surface area contributed by atoms with Gasteiger partial charge in [0.2, 0.25) is 0 Å². The van der Waals surface area contributed by atoms with E-state index in [0.717, 1.165) is 33.4 Å². The average molecular weight is 691 g/mol. The highest BCUT2D eigenvalue weighted by molar-refractivity contribution is 5.53. The van der Waals surface area contributed by atoms with Crippen LogP contribution in [0.3, 0.4) is 0 Å². The van der Waals surface area contributed by atoms with E-state index in [4.69, 9.17) is 28.4 Å². The van der Waals surface area contributed by atoms with Gasteiger partial charge < -0.3 is 28.4 Å². The van der Waals surface area contributed by atoms with E-state index in [0.29, 0.717) is 68.2 Å². The molecule has 6 aromatic rings. The molecule has 0 aromatic heterocycles. The highest BCUT2D eigenvalue weighted by Gasteiger charge is 2.35. The van der Waals surface area contributed by atoms with E-state index in [1.807, 2.05) is 140 Å². The zero-order chi connectivity index (χ0) is 35.4. The lowest BCUT2D eigenvalue weighted by molar-refractivity contribution is -0.0273. The summed E-state index contributed by atoms with van der Waals surface area (Å²) in [5.74, 6) is 3.32. The minimum Gasteiger partial charge on any atom is -0.489 e. The smallest absolute Gasteiger partial charge is 0.162 e. The Hall–Kier alpha value is -5.98. The lowest BCUT2D eigenvalue weighted by Crippen LogP contribution is -2.33. The van der Waals surface area contributed by atoms with Gasteiger partial charge in [-0.05, 0) is 39.9 Å². The first-order valence-corrected chi connectivity index (χ1v) is 17.6. The van der Waals surface area contributed by atoms with Crippen LogP contribution in [0, 0.1) is 0 Å². The molecule has 52 heavy (non-hydrogen) atoms. The molecule has 0 spiro atoms. The van der Waals surface area contributed by atoms with E-state index in [-0.39, 0.29) is 6.10 Å². The molecule has 6 heteroatoms. The molecular weight excluding hydrogens is 649 g/mol. The third-order valence-electron chi connectivity index (χ3n) is 8.82. The first-order valence-electron chi connectivity index (χ1n) is 17.6. The van der Waals surface area contributed by atoms with Gasteiger partial charge in [-0.3, -0.25) is 0 Å². The van der Waals surface area contributed by atoms with E-state index in [1.165, 1.54) is 0 Å². The lowest BCUT2D eigenvalue weighted by atomic mass is 9.93. The van der Waals surface area contributed by atoms with Gasteiger partial charge in [0.1, 0.15) is 49.8 Å². The topological polar surface area (TPSA) is 55.4 Å². The molecule has 0 fully saturated rings. The Morgan fingerprint density at radius 3 is 1.58 bits per heavy atom. The normalized spacial score (nSPS) is 14.8. The van der Waals surface area contributed by atoms with Gasteiger partial charge in [-0.15, -0.1) is 6.58 Å². The van der Waals surface area contributed by atoms with Gasteiger partial charge in [0.15, 0.2) is 17.6 Å². The number of fused-ring (bicyclic) bond motifs is 1. The average Bonchev–Trinajstić information content (AvgIpc) is 3.21. The van der Waals surface area contributed by atoms with Crippen LogP contribution in [-0.4, -0.2) is 12.7 Å². The third kappa shape index (κ3) is 9.02. The minimum atomic E-state index is -0.457. The largest absolute Gasteiger partial charge is 0.489 e. The SMILES string of the molecule is C=CCOC1Cc2c(OCc3ccccc3)cc(OCc3ccccc3)cc2OC1c1ccc(OCc2ccccc2)c(OCc2ccccc2)c1. The summed E-state index contributed by atoms with van der Waals surface area (Å²) in [5.41, 5.74) is 6.10. The molecule has 2 unspecified atom stereocenters. The van der Waals surface area contributed by atoms with Gasteiger partial charge >= 0.3 is 0 Å². The Labute approximate surface area is 305 Å².